The Kier molecular flexibility index (Phi) is 2.51. The Morgan fingerprint density at radius 3 is 2.75 bits per heavy atom. The Morgan fingerprint density at radius 1 is 1.58 bits per heavy atom. The normalized spacial score (nSPS) is 9.17. The molecule has 4 heteroatoms. The first-order valence-corrected chi connectivity index (χ1v) is 3.50. The molecular formula is C8H5ClFNO. The molecule has 0 fully saturated rings. The van der Waals surface area contributed by atoms with E-state index in [1.165, 1.54) is 19.2 Å². The van der Waals surface area contributed by atoms with E-state index in [1.54, 1.807) is 6.07 Å². The molecular weight excluding hydrogens is 181 g/mol. The first-order chi connectivity index (χ1) is 5.70. The van der Waals surface area contributed by atoms with Gasteiger partial charge < -0.3 is 4.74 Å². The Hall–Kier alpha value is -1.27. The summed E-state index contributed by atoms with van der Waals surface area (Å²) in [7, 11) is 1.33. The number of nitrogens with zero attached hydrogens (tertiary/aromatic N) is 1. The average Bonchev–Trinajstić information content (AvgIpc) is 2.06. The molecule has 0 aliphatic heterocycles. The molecule has 0 radical (unpaired) electrons. The fraction of sp³-hybridized carbons (Fsp3) is 0.125. The Bertz CT molecular complexity index is 346. The molecule has 0 atom stereocenters. The van der Waals surface area contributed by atoms with Gasteiger partial charge in [-0.25, -0.2) is 4.39 Å². The van der Waals surface area contributed by atoms with E-state index in [1.807, 2.05) is 0 Å². The van der Waals surface area contributed by atoms with Crippen LogP contribution in [0.1, 0.15) is 5.56 Å². The summed E-state index contributed by atoms with van der Waals surface area (Å²) in [6.07, 6.45) is 0. The largest absolute Gasteiger partial charge is 0.494 e. The molecule has 0 N–H and O–H groups in total. The minimum Gasteiger partial charge on any atom is -0.494 e. The minimum atomic E-state index is -0.715. The quantitative estimate of drug-likeness (QED) is 0.673. The molecule has 0 unspecified atom stereocenters. The third-order valence-electron chi connectivity index (χ3n) is 1.39. The van der Waals surface area contributed by atoms with Gasteiger partial charge in [-0.2, -0.15) is 5.26 Å². The van der Waals surface area contributed by atoms with E-state index in [-0.39, 0.29) is 16.3 Å². The van der Waals surface area contributed by atoms with Crippen LogP contribution in [-0.4, -0.2) is 7.11 Å². The zero-order chi connectivity index (χ0) is 9.14. The molecule has 0 aliphatic carbocycles. The van der Waals surface area contributed by atoms with Crippen LogP contribution >= 0.6 is 11.6 Å². The maximum atomic E-state index is 13.1. The molecule has 0 saturated carbocycles. The maximum Gasteiger partial charge on any atom is 0.184 e. The smallest absolute Gasteiger partial charge is 0.184 e. The molecule has 1 aromatic rings. The van der Waals surface area contributed by atoms with Crippen LogP contribution in [0.2, 0.25) is 5.02 Å². The lowest BCUT2D eigenvalue weighted by atomic mass is 10.2. The minimum absolute atomic E-state index is 0.0240. The van der Waals surface area contributed by atoms with Gasteiger partial charge in [-0.1, -0.05) is 11.6 Å². The van der Waals surface area contributed by atoms with Crippen molar-refractivity contribution in [2.45, 2.75) is 0 Å². The monoisotopic (exact) mass is 185 g/mol. The lowest BCUT2D eigenvalue weighted by Gasteiger charge is -2.02. The molecule has 0 amide bonds. The number of nitriles is 1. The van der Waals surface area contributed by atoms with Gasteiger partial charge in [0, 0.05) is 0 Å². The highest BCUT2D eigenvalue weighted by atomic mass is 35.5. The van der Waals surface area contributed by atoms with Crippen LogP contribution < -0.4 is 4.74 Å². The number of methoxy groups -OCH3 is 1. The summed E-state index contributed by atoms with van der Waals surface area (Å²) in [5.74, 6) is -0.691. The van der Waals surface area contributed by atoms with Crippen LogP contribution in [0, 0.1) is 17.1 Å². The molecule has 0 spiro atoms. The van der Waals surface area contributed by atoms with Crippen LogP contribution in [0.5, 0.6) is 5.75 Å². The Morgan fingerprint density at radius 2 is 2.25 bits per heavy atom. The standard InChI is InChI=1S/C8H5ClFNO/c1-12-7-3-2-6(9)5(4-11)8(7)10/h2-3H,1H3. The molecule has 0 saturated heterocycles. The van der Waals surface area contributed by atoms with Gasteiger partial charge in [0.05, 0.1) is 12.1 Å². The number of ether oxygens (including phenoxy) is 1. The molecule has 0 bridgehead atoms. The second-order valence-corrected chi connectivity index (χ2v) is 2.46. The van der Waals surface area contributed by atoms with E-state index in [9.17, 15) is 4.39 Å². The van der Waals surface area contributed by atoms with E-state index < -0.39 is 5.82 Å². The number of rotatable bonds is 1. The maximum absolute atomic E-state index is 13.1. The van der Waals surface area contributed by atoms with Gasteiger partial charge >= 0.3 is 0 Å². The zero-order valence-electron chi connectivity index (χ0n) is 6.27. The van der Waals surface area contributed by atoms with Gasteiger partial charge in [0.1, 0.15) is 11.6 Å². The van der Waals surface area contributed by atoms with Crippen LogP contribution in [-0.2, 0) is 0 Å². The van der Waals surface area contributed by atoms with Gasteiger partial charge in [0.2, 0.25) is 0 Å². The molecule has 0 aliphatic rings. The predicted molar refractivity (Wildman–Crippen MR) is 42.7 cm³/mol. The van der Waals surface area contributed by atoms with Crippen LogP contribution in [0.15, 0.2) is 12.1 Å². The van der Waals surface area contributed by atoms with E-state index in [2.05, 4.69) is 4.74 Å². The lowest BCUT2D eigenvalue weighted by molar-refractivity contribution is 0.386. The summed E-state index contributed by atoms with van der Waals surface area (Å²) in [5, 5.41) is 8.58. The van der Waals surface area contributed by atoms with Crippen molar-refractivity contribution in [3.05, 3.63) is 28.5 Å². The summed E-state index contributed by atoms with van der Waals surface area (Å²) in [6, 6.07) is 4.44. The van der Waals surface area contributed by atoms with Gasteiger partial charge in [-0.3, -0.25) is 0 Å². The molecule has 1 rings (SSSR count). The molecule has 0 aromatic heterocycles. The topological polar surface area (TPSA) is 33.0 Å². The average molecular weight is 186 g/mol. The summed E-state index contributed by atoms with van der Waals surface area (Å²) >= 11 is 5.54. The van der Waals surface area contributed by atoms with Gasteiger partial charge in [-0.05, 0) is 12.1 Å². The van der Waals surface area contributed by atoms with Crippen molar-refractivity contribution in [1.82, 2.24) is 0 Å². The Labute approximate surface area is 74.1 Å². The molecule has 62 valence electrons. The number of hydrogen-bond acceptors (Lipinski definition) is 2. The molecule has 2 nitrogen and oxygen atoms in total. The lowest BCUT2D eigenvalue weighted by Crippen LogP contribution is -1.91. The van der Waals surface area contributed by atoms with Crippen molar-refractivity contribution in [2.75, 3.05) is 7.11 Å². The third-order valence-corrected chi connectivity index (χ3v) is 1.70. The third kappa shape index (κ3) is 1.34. The highest BCUT2D eigenvalue weighted by Gasteiger charge is 2.11. The second-order valence-electron chi connectivity index (χ2n) is 2.05. The van der Waals surface area contributed by atoms with Crippen molar-refractivity contribution < 1.29 is 9.13 Å². The van der Waals surface area contributed by atoms with Gasteiger partial charge in [-0.15, -0.1) is 0 Å². The molecule has 0 heterocycles. The van der Waals surface area contributed by atoms with E-state index in [0.717, 1.165) is 0 Å². The predicted octanol–water partition coefficient (Wildman–Crippen LogP) is 2.36. The molecule has 1 aromatic carbocycles. The summed E-state index contributed by atoms with van der Waals surface area (Å²) in [6.45, 7) is 0. The van der Waals surface area contributed by atoms with Crippen LogP contribution in [0.3, 0.4) is 0 Å². The number of hydrogen-bond donors (Lipinski definition) is 0. The summed E-state index contributed by atoms with van der Waals surface area (Å²) < 4.78 is 17.8. The summed E-state index contributed by atoms with van der Waals surface area (Å²) in [5.41, 5.74) is -0.184. The van der Waals surface area contributed by atoms with E-state index in [0.29, 0.717) is 0 Å². The number of halogens is 2. The zero-order valence-corrected chi connectivity index (χ0v) is 7.02. The van der Waals surface area contributed by atoms with Crippen molar-refractivity contribution in [1.29, 1.82) is 5.26 Å². The Balaban J connectivity index is 3.36. The van der Waals surface area contributed by atoms with Gasteiger partial charge in [0.15, 0.2) is 11.6 Å². The SMILES string of the molecule is COc1ccc(Cl)c(C#N)c1F. The first-order valence-electron chi connectivity index (χ1n) is 3.12. The van der Waals surface area contributed by atoms with Crippen molar-refractivity contribution in [2.24, 2.45) is 0 Å². The van der Waals surface area contributed by atoms with E-state index >= 15 is 0 Å². The van der Waals surface area contributed by atoms with Crippen molar-refractivity contribution in [3.63, 3.8) is 0 Å². The second kappa shape index (κ2) is 3.42. The van der Waals surface area contributed by atoms with Crippen molar-refractivity contribution in [3.8, 4) is 11.8 Å². The molecule has 12 heavy (non-hydrogen) atoms. The highest BCUT2D eigenvalue weighted by Crippen LogP contribution is 2.25. The highest BCUT2D eigenvalue weighted by molar-refractivity contribution is 6.31. The van der Waals surface area contributed by atoms with Crippen LogP contribution in [0.25, 0.3) is 0 Å². The van der Waals surface area contributed by atoms with Gasteiger partial charge in [0.25, 0.3) is 0 Å². The van der Waals surface area contributed by atoms with Crippen LogP contribution in [0.4, 0.5) is 4.39 Å². The van der Waals surface area contributed by atoms with Crippen molar-refractivity contribution >= 4 is 11.6 Å². The fourth-order valence-electron chi connectivity index (χ4n) is 0.794. The summed E-state index contributed by atoms with van der Waals surface area (Å²) in [4.78, 5) is 0. The first kappa shape index (κ1) is 8.82. The fourth-order valence-corrected chi connectivity index (χ4v) is 0.982. The van der Waals surface area contributed by atoms with E-state index in [4.69, 9.17) is 16.9 Å². The number of benzene rings is 1.